The standard InChI is InChI=1S/C14H16N2O3/c1-10(7-15)8-16(2)14(17)13-9-18-11-5-3-4-6-12(11)19-13/h3-6,10,13H,8-9H2,1-2H3. The first-order valence-corrected chi connectivity index (χ1v) is 6.15. The van der Waals surface area contributed by atoms with Crippen LogP contribution in [-0.4, -0.2) is 37.1 Å². The van der Waals surface area contributed by atoms with Gasteiger partial charge in [-0.15, -0.1) is 0 Å². The molecule has 2 unspecified atom stereocenters. The van der Waals surface area contributed by atoms with E-state index in [2.05, 4.69) is 6.07 Å². The van der Waals surface area contributed by atoms with Crippen LogP contribution in [0.1, 0.15) is 6.92 Å². The third kappa shape index (κ3) is 2.97. The molecule has 0 fully saturated rings. The van der Waals surface area contributed by atoms with Gasteiger partial charge in [0.25, 0.3) is 5.91 Å². The van der Waals surface area contributed by atoms with Crippen molar-refractivity contribution in [2.24, 2.45) is 5.92 Å². The zero-order valence-electron chi connectivity index (χ0n) is 11.0. The molecule has 0 saturated heterocycles. The fourth-order valence-corrected chi connectivity index (χ4v) is 1.93. The topological polar surface area (TPSA) is 62.6 Å². The maximum Gasteiger partial charge on any atom is 0.267 e. The highest BCUT2D eigenvalue weighted by Crippen LogP contribution is 2.31. The molecule has 0 bridgehead atoms. The number of para-hydroxylation sites is 2. The van der Waals surface area contributed by atoms with Crippen molar-refractivity contribution in [3.8, 4) is 17.6 Å². The minimum absolute atomic E-state index is 0.170. The lowest BCUT2D eigenvalue weighted by Gasteiger charge is -2.29. The molecule has 1 aromatic carbocycles. The van der Waals surface area contributed by atoms with Crippen LogP contribution in [0.25, 0.3) is 0 Å². The minimum Gasteiger partial charge on any atom is -0.485 e. The van der Waals surface area contributed by atoms with Crippen LogP contribution in [0.15, 0.2) is 24.3 Å². The van der Waals surface area contributed by atoms with Crippen LogP contribution < -0.4 is 9.47 Å². The predicted molar refractivity (Wildman–Crippen MR) is 68.8 cm³/mol. The molecule has 2 atom stereocenters. The van der Waals surface area contributed by atoms with Gasteiger partial charge in [0.1, 0.15) is 6.61 Å². The van der Waals surface area contributed by atoms with Crippen molar-refractivity contribution >= 4 is 5.91 Å². The molecule has 1 aliphatic rings. The zero-order valence-corrected chi connectivity index (χ0v) is 11.0. The van der Waals surface area contributed by atoms with Gasteiger partial charge < -0.3 is 14.4 Å². The van der Waals surface area contributed by atoms with Crippen LogP contribution in [0, 0.1) is 17.2 Å². The van der Waals surface area contributed by atoms with Crippen LogP contribution in [-0.2, 0) is 4.79 Å². The van der Waals surface area contributed by atoms with E-state index in [0.29, 0.717) is 18.0 Å². The van der Waals surface area contributed by atoms with Gasteiger partial charge >= 0.3 is 0 Å². The summed E-state index contributed by atoms with van der Waals surface area (Å²) in [7, 11) is 1.67. The van der Waals surface area contributed by atoms with Crippen LogP contribution in [0.2, 0.25) is 0 Å². The number of nitrogens with zero attached hydrogens (tertiary/aromatic N) is 2. The first-order chi connectivity index (χ1) is 9.11. The highest BCUT2D eigenvalue weighted by atomic mass is 16.6. The second-order valence-corrected chi connectivity index (χ2v) is 4.61. The van der Waals surface area contributed by atoms with E-state index in [1.54, 1.807) is 26.1 Å². The van der Waals surface area contributed by atoms with E-state index in [-0.39, 0.29) is 18.4 Å². The lowest BCUT2D eigenvalue weighted by atomic mass is 10.2. The summed E-state index contributed by atoms with van der Waals surface area (Å²) >= 11 is 0. The average molecular weight is 260 g/mol. The fourth-order valence-electron chi connectivity index (χ4n) is 1.93. The van der Waals surface area contributed by atoms with Gasteiger partial charge in [0, 0.05) is 13.6 Å². The van der Waals surface area contributed by atoms with Gasteiger partial charge in [0.2, 0.25) is 6.10 Å². The number of benzene rings is 1. The number of rotatable bonds is 3. The monoisotopic (exact) mass is 260 g/mol. The minimum atomic E-state index is -0.647. The number of fused-ring (bicyclic) bond motifs is 1. The van der Waals surface area contributed by atoms with Gasteiger partial charge in [-0.05, 0) is 19.1 Å². The summed E-state index contributed by atoms with van der Waals surface area (Å²) in [6.07, 6.45) is -0.647. The Balaban J connectivity index is 2.01. The van der Waals surface area contributed by atoms with E-state index >= 15 is 0 Å². The quantitative estimate of drug-likeness (QED) is 0.825. The van der Waals surface area contributed by atoms with Crippen molar-refractivity contribution in [2.75, 3.05) is 20.2 Å². The third-order valence-electron chi connectivity index (χ3n) is 2.93. The fraction of sp³-hybridized carbons (Fsp3) is 0.429. The molecule has 0 aromatic heterocycles. The van der Waals surface area contributed by atoms with Crippen molar-refractivity contribution in [3.05, 3.63) is 24.3 Å². The van der Waals surface area contributed by atoms with Crippen molar-refractivity contribution in [3.63, 3.8) is 0 Å². The maximum absolute atomic E-state index is 12.2. The van der Waals surface area contributed by atoms with E-state index in [1.165, 1.54) is 4.90 Å². The molecule has 0 spiro atoms. The summed E-state index contributed by atoms with van der Waals surface area (Å²) in [5.74, 6) is 0.857. The SMILES string of the molecule is CC(C#N)CN(C)C(=O)C1COc2ccccc2O1. The Hall–Kier alpha value is -2.22. The van der Waals surface area contributed by atoms with Gasteiger partial charge in [-0.2, -0.15) is 5.26 Å². The van der Waals surface area contributed by atoms with E-state index in [1.807, 2.05) is 12.1 Å². The Morgan fingerprint density at radius 1 is 1.53 bits per heavy atom. The van der Waals surface area contributed by atoms with Crippen molar-refractivity contribution in [2.45, 2.75) is 13.0 Å². The largest absolute Gasteiger partial charge is 0.485 e. The molecule has 0 radical (unpaired) electrons. The van der Waals surface area contributed by atoms with Crippen molar-refractivity contribution in [1.29, 1.82) is 5.26 Å². The van der Waals surface area contributed by atoms with Gasteiger partial charge in [-0.25, -0.2) is 0 Å². The number of nitriles is 1. The Morgan fingerprint density at radius 2 is 2.21 bits per heavy atom. The van der Waals surface area contributed by atoms with Crippen LogP contribution in [0.4, 0.5) is 0 Å². The zero-order chi connectivity index (χ0) is 13.8. The molecule has 2 rings (SSSR count). The first kappa shape index (κ1) is 13.2. The Kier molecular flexibility index (Phi) is 3.91. The Morgan fingerprint density at radius 3 is 2.89 bits per heavy atom. The smallest absolute Gasteiger partial charge is 0.267 e. The maximum atomic E-state index is 12.2. The molecular formula is C14H16N2O3. The molecule has 100 valence electrons. The lowest BCUT2D eigenvalue weighted by molar-refractivity contribution is -0.140. The number of hydrogen-bond donors (Lipinski definition) is 0. The Bertz CT molecular complexity index is 510. The second kappa shape index (κ2) is 5.61. The number of amides is 1. The number of ether oxygens (including phenoxy) is 2. The molecule has 1 amide bonds. The van der Waals surface area contributed by atoms with Crippen LogP contribution in [0.5, 0.6) is 11.5 Å². The van der Waals surface area contributed by atoms with Gasteiger partial charge in [-0.3, -0.25) is 4.79 Å². The van der Waals surface area contributed by atoms with Crippen molar-refractivity contribution in [1.82, 2.24) is 4.90 Å². The number of carbonyl (C=O) groups excluding carboxylic acids is 1. The highest BCUT2D eigenvalue weighted by Gasteiger charge is 2.29. The molecule has 5 heteroatoms. The molecule has 5 nitrogen and oxygen atoms in total. The summed E-state index contributed by atoms with van der Waals surface area (Å²) < 4.78 is 11.1. The van der Waals surface area contributed by atoms with E-state index in [4.69, 9.17) is 14.7 Å². The molecular weight excluding hydrogens is 244 g/mol. The van der Waals surface area contributed by atoms with Gasteiger partial charge in [0.05, 0.1) is 12.0 Å². The molecule has 0 aliphatic carbocycles. The summed E-state index contributed by atoms with van der Waals surface area (Å²) in [5, 5.41) is 8.76. The van der Waals surface area contributed by atoms with E-state index in [0.717, 1.165) is 0 Å². The second-order valence-electron chi connectivity index (χ2n) is 4.61. The van der Waals surface area contributed by atoms with Crippen LogP contribution in [0.3, 0.4) is 0 Å². The highest BCUT2D eigenvalue weighted by molar-refractivity contribution is 5.81. The predicted octanol–water partition coefficient (Wildman–Crippen LogP) is 1.44. The first-order valence-electron chi connectivity index (χ1n) is 6.15. The molecule has 0 N–H and O–H groups in total. The van der Waals surface area contributed by atoms with Gasteiger partial charge in [0.15, 0.2) is 11.5 Å². The molecule has 0 saturated carbocycles. The van der Waals surface area contributed by atoms with Gasteiger partial charge in [-0.1, -0.05) is 12.1 Å². The number of carbonyl (C=O) groups is 1. The molecule has 19 heavy (non-hydrogen) atoms. The molecule has 1 heterocycles. The average Bonchev–Trinajstić information content (AvgIpc) is 2.45. The van der Waals surface area contributed by atoms with Crippen LogP contribution >= 0.6 is 0 Å². The third-order valence-corrected chi connectivity index (χ3v) is 2.93. The summed E-state index contributed by atoms with van der Waals surface area (Å²) in [4.78, 5) is 13.7. The Labute approximate surface area is 112 Å². The number of likely N-dealkylation sites (N-methyl/N-ethyl adjacent to an activating group) is 1. The summed E-state index contributed by atoms with van der Waals surface area (Å²) in [5.41, 5.74) is 0. The normalized spacial score (nSPS) is 18.3. The van der Waals surface area contributed by atoms with E-state index in [9.17, 15) is 4.79 Å². The summed E-state index contributed by atoms with van der Waals surface area (Å²) in [6, 6.07) is 9.36. The molecule has 1 aliphatic heterocycles. The van der Waals surface area contributed by atoms with E-state index < -0.39 is 6.10 Å². The molecule has 1 aromatic rings. The summed E-state index contributed by atoms with van der Waals surface area (Å²) in [6.45, 7) is 2.36. The lowest BCUT2D eigenvalue weighted by Crippen LogP contribution is -2.45. The van der Waals surface area contributed by atoms with Crippen molar-refractivity contribution < 1.29 is 14.3 Å². The number of hydrogen-bond acceptors (Lipinski definition) is 4.